The smallest absolute Gasteiger partial charge is 0.193 e. The molecule has 1 N–H and O–H groups in total. The van der Waals surface area contributed by atoms with Crippen molar-refractivity contribution in [1.29, 1.82) is 0 Å². The standard InChI is InChI=1S/C21H26FN3O/c1-23-21(24-13-11-16-3-7-19(22)8-4-16)25-14-12-18(15-25)17-5-9-20(26-2)10-6-17/h3-10,18H,11-15H2,1-2H3,(H,23,24). The number of nitrogens with one attached hydrogen (secondary N) is 1. The molecule has 1 heterocycles. The van der Waals surface area contributed by atoms with E-state index in [4.69, 9.17) is 4.74 Å². The Hall–Kier alpha value is -2.56. The van der Waals surface area contributed by atoms with Gasteiger partial charge in [0, 0.05) is 32.6 Å². The Balaban J connectivity index is 1.51. The Labute approximate surface area is 154 Å². The molecule has 4 nitrogen and oxygen atoms in total. The minimum atomic E-state index is -0.195. The van der Waals surface area contributed by atoms with Crippen molar-refractivity contribution in [3.8, 4) is 5.75 Å². The van der Waals surface area contributed by atoms with Crippen LogP contribution in [0.4, 0.5) is 4.39 Å². The van der Waals surface area contributed by atoms with E-state index in [1.165, 1.54) is 17.7 Å². The molecule has 3 rings (SSSR count). The molecule has 2 aromatic carbocycles. The lowest BCUT2D eigenvalue weighted by Gasteiger charge is -2.22. The van der Waals surface area contributed by atoms with E-state index in [1.807, 2.05) is 31.3 Å². The minimum Gasteiger partial charge on any atom is -0.497 e. The molecule has 1 unspecified atom stereocenters. The Morgan fingerprint density at radius 1 is 1.19 bits per heavy atom. The first-order valence-corrected chi connectivity index (χ1v) is 9.03. The summed E-state index contributed by atoms with van der Waals surface area (Å²) in [6.45, 7) is 2.73. The molecular formula is C21H26FN3O. The van der Waals surface area contributed by atoms with Crippen molar-refractivity contribution in [2.45, 2.75) is 18.8 Å². The van der Waals surface area contributed by atoms with Crippen molar-refractivity contribution in [2.75, 3.05) is 33.8 Å². The van der Waals surface area contributed by atoms with Gasteiger partial charge in [0.2, 0.25) is 0 Å². The largest absolute Gasteiger partial charge is 0.497 e. The zero-order valence-electron chi connectivity index (χ0n) is 15.4. The van der Waals surface area contributed by atoms with Crippen LogP contribution in [0.5, 0.6) is 5.75 Å². The van der Waals surface area contributed by atoms with E-state index < -0.39 is 0 Å². The highest BCUT2D eigenvalue weighted by Gasteiger charge is 2.25. The predicted molar refractivity (Wildman–Crippen MR) is 103 cm³/mol. The molecule has 0 aromatic heterocycles. The molecule has 0 spiro atoms. The Kier molecular flexibility index (Phi) is 6.10. The van der Waals surface area contributed by atoms with Gasteiger partial charge in [-0.3, -0.25) is 4.99 Å². The van der Waals surface area contributed by atoms with Crippen molar-refractivity contribution in [1.82, 2.24) is 10.2 Å². The highest BCUT2D eigenvalue weighted by atomic mass is 19.1. The molecule has 0 aliphatic carbocycles. The Morgan fingerprint density at radius 2 is 1.92 bits per heavy atom. The van der Waals surface area contributed by atoms with Gasteiger partial charge in [-0.2, -0.15) is 0 Å². The monoisotopic (exact) mass is 355 g/mol. The molecule has 0 radical (unpaired) electrons. The summed E-state index contributed by atoms with van der Waals surface area (Å²) in [4.78, 5) is 6.73. The number of rotatable bonds is 5. The number of benzene rings is 2. The first kappa shape index (κ1) is 18.2. The summed E-state index contributed by atoms with van der Waals surface area (Å²) in [7, 11) is 3.51. The molecule has 1 saturated heterocycles. The SMILES string of the molecule is CN=C(NCCc1ccc(F)cc1)N1CCC(c2ccc(OC)cc2)C1. The maximum atomic E-state index is 13.0. The second kappa shape index (κ2) is 8.70. The number of halogens is 1. The zero-order valence-corrected chi connectivity index (χ0v) is 15.4. The summed E-state index contributed by atoms with van der Waals surface area (Å²) >= 11 is 0. The van der Waals surface area contributed by atoms with E-state index in [0.717, 1.165) is 49.7 Å². The van der Waals surface area contributed by atoms with Crippen molar-refractivity contribution < 1.29 is 9.13 Å². The van der Waals surface area contributed by atoms with Crippen LogP contribution in [0.3, 0.4) is 0 Å². The van der Waals surface area contributed by atoms with Crippen molar-refractivity contribution in [2.24, 2.45) is 4.99 Å². The average molecular weight is 355 g/mol. The van der Waals surface area contributed by atoms with Gasteiger partial charge >= 0.3 is 0 Å². The van der Waals surface area contributed by atoms with Crippen LogP contribution in [0.15, 0.2) is 53.5 Å². The van der Waals surface area contributed by atoms with E-state index in [2.05, 4.69) is 27.3 Å². The third-order valence-electron chi connectivity index (χ3n) is 4.90. The minimum absolute atomic E-state index is 0.195. The fourth-order valence-electron chi connectivity index (χ4n) is 3.40. The second-order valence-corrected chi connectivity index (χ2v) is 6.56. The van der Waals surface area contributed by atoms with Gasteiger partial charge < -0.3 is 15.0 Å². The Morgan fingerprint density at radius 3 is 2.58 bits per heavy atom. The van der Waals surface area contributed by atoms with Crippen LogP contribution in [0.2, 0.25) is 0 Å². The molecule has 1 aliphatic rings. The third kappa shape index (κ3) is 4.54. The average Bonchev–Trinajstić information content (AvgIpc) is 3.17. The van der Waals surface area contributed by atoms with E-state index in [0.29, 0.717) is 5.92 Å². The fourth-order valence-corrected chi connectivity index (χ4v) is 3.40. The maximum absolute atomic E-state index is 13.0. The van der Waals surface area contributed by atoms with Gasteiger partial charge in [-0.25, -0.2) is 4.39 Å². The predicted octanol–water partition coefficient (Wildman–Crippen LogP) is 3.44. The van der Waals surface area contributed by atoms with Crippen molar-refractivity contribution in [3.63, 3.8) is 0 Å². The molecule has 0 amide bonds. The molecule has 2 aromatic rings. The number of likely N-dealkylation sites (tertiary alicyclic amines) is 1. The maximum Gasteiger partial charge on any atom is 0.193 e. The summed E-state index contributed by atoms with van der Waals surface area (Å²) in [5.74, 6) is 2.14. The van der Waals surface area contributed by atoms with Crippen LogP contribution in [0.25, 0.3) is 0 Å². The van der Waals surface area contributed by atoms with Crippen molar-refractivity contribution in [3.05, 3.63) is 65.5 Å². The lowest BCUT2D eigenvalue weighted by molar-refractivity contribution is 0.414. The molecule has 26 heavy (non-hydrogen) atoms. The second-order valence-electron chi connectivity index (χ2n) is 6.56. The number of hydrogen-bond acceptors (Lipinski definition) is 2. The molecule has 1 aliphatic heterocycles. The normalized spacial score (nSPS) is 17.4. The van der Waals surface area contributed by atoms with Crippen molar-refractivity contribution >= 4 is 5.96 Å². The first-order valence-electron chi connectivity index (χ1n) is 9.03. The van der Waals surface area contributed by atoms with Gasteiger partial charge in [0.05, 0.1) is 7.11 Å². The molecule has 1 atom stereocenters. The van der Waals surface area contributed by atoms with E-state index in [1.54, 1.807) is 7.11 Å². The highest BCUT2D eigenvalue weighted by Crippen LogP contribution is 2.28. The van der Waals surface area contributed by atoms with Gasteiger partial charge in [0.15, 0.2) is 5.96 Å². The number of aliphatic imine (C=N–C) groups is 1. The van der Waals surface area contributed by atoms with Gasteiger partial charge in [0.1, 0.15) is 11.6 Å². The van der Waals surface area contributed by atoms with Crippen LogP contribution >= 0.6 is 0 Å². The third-order valence-corrected chi connectivity index (χ3v) is 4.90. The number of ether oxygens (including phenoxy) is 1. The van der Waals surface area contributed by atoms with E-state index in [9.17, 15) is 4.39 Å². The molecule has 138 valence electrons. The molecule has 0 saturated carbocycles. The fraction of sp³-hybridized carbons (Fsp3) is 0.381. The lowest BCUT2D eigenvalue weighted by Crippen LogP contribution is -2.40. The van der Waals surface area contributed by atoms with Gasteiger partial charge in [-0.1, -0.05) is 24.3 Å². The van der Waals surface area contributed by atoms with Gasteiger partial charge in [-0.05, 0) is 48.2 Å². The number of guanidine groups is 1. The molecule has 0 bridgehead atoms. The van der Waals surface area contributed by atoms with E-state index in [-0.39, 0.29) is 5.82 Å². The van der Waals surface area contributed by atoms with Crippen LogP contribution in [-0.4, -0.2) is 44.7 Å². The summed E-state index contributed by atoms with van der Waals surface area (Å²) < 4.78 is 18.2. The highest BCUT2D eigenvalue weighted by molar-refractivity contribution is 5.80. The molecule has 5 heteroatoms. The molecular weight excluding hydrogens is 329 g/mol. The summed E-state index contributed by atoms with van der Waals surface area (Å²) in [5, 5.41) is 3.43. The summed E-state index contributed by atoms with van der Waals surface area (Å²) in [6, 6.07) is 15.0. The number of methoxy groups -OCH3 is 1. The topological polar surface area (TPSA) is 36.9 Å². The summed E-state index contributed by atoms with van der Waals surface area (Å²) in [5.41, 5.74) is 2.46. The van der Waals surface area contributed by atoms with Gasteiger partial charge in [0.25, 0.3) is 0 Å². The van der Waals surface area contributed by atoms with Crippen LogP contribution in [-0.2, 0) is 6.42 Å². The van der Waals surface area contributed by atoms with Crippen LogP contribution < -0.4 is 10.1 Å². The number of hydrogen-bond donors (Lipinski definition) is 1. The quantitative estimate of drug-likeness (QED) is 0.659. The lowest BCUT2D eigenvalue weighted by atomic mass is 9.98. The van der Waals surface area contributed by atoms with Crippen LogP contribution in [0, 0.1) is 5.82 Å². The zero-order chi connectivity index (χ0) is 18.4. The van der Waals surface area contributed by atoms with Crippen LogP contribution in [0.1, 0.15) is 23.5 Å². The van der Waals surface area contributed by atoms with E-state index >= 15 is 0 Å². The first-order chi connectivity index (χ1) is 12.7. The molecule has 1 fully saturated rings. The number of nitrogens with zero attached hydrogens (tertiary/aromatic N) is 2. The van der Waals surface area contributed by atoms with Gasteiger partial charge in [-0.15, -0.1) is 0 Å². The Bertz CT molecular complexity index is 728. The summed E-state index contributed by atoms with van der Waals surface area (Å²) in [6.07, 6.45) is 1.96.